The molecule has 2 atom stereocenters. The van der Waals surface area contributed by atoms with Gasteiger partial charge in [0.25, 0.3) is 0 Å². The van der Waals surface area contributed by atoms with Crippen molar-refractivity contribution in [2.45, 2.75) is 51.4 Å². The Labute approximate surface area is 128 Å². The van der Waals surface area contributed by atoms with Crippen LogP contribution in [0.4, 0.5) is 0 Å². The molecule has 4 nitrogen and oxygen atoms in total. The largest absolute Gasteiger partial charge is 0.313 e. The molecule has 1 aromatic carbocycles. The van der Waals surface area contributed by atoms with Crippen molar-refractivity contribution in [1.82, 2.24) is 10.0 Å². The van der Waals surface area contributed by atoms with Gasteiger partial charge in [0, 0.05) is 12.6 Å². The summed E-state index contributed by atoms with van der Waals surface area (Å²) in [6.45, 7) is 5.94. The molecule has 0 aromatic heterocycles. The number of sulfonamides is 1. The van der Waals surface area contributed by atoms with Crippen LogP contribution in [0.15, 0.2) is 24.3 Å². The molecule has 5 heteroatoms. The fraction of sp³-hybridized carbons (Fsp3) is 0.625. The van der Waals surface area contributed by atoms with Crippen LogP contribution < -0.4 is 10.0 Å². The number of nitrogens with one attached hydrogen (secondary N) is 2. The first-order valence-electron chi connectivity index (χ1n) is 7.78. The molecule has 0 spiro atoms. The molecule has 118 valence electrons. The van der Waals surface area contributed by atoms with Gasteiger partial charge in [-0.25, -0.2) is 13.1 Å². The first kappa shape index (κ1) is 16.5. The minimum Gasteiger partial charge on any atom is -0.313 e. The molecule has 1 fully saturated rings. The molecule has 1 aliphatic carbocycles. The first-order chi connectivity index (χ1) is 10.00. The second-order valence-electron chi connectivity index (χ2n) is 5.99. The van der Waals surface area contributed by atoms with Gasteiger partial charge >= 0.3 is 0 Å². The fourth-order valence-corrected chi connectivity index (χ4v) is 4.36. The molecule has 0 amide bonds. The van der Waals surface area contributed by atoms with Crippen molar-refractivity contribution in [2.24, 2.45) is 5.92 Å². The van der Waals surface area contributed by atoms with E-state index >= 15 is 0 Å². The van der Waals surface area contributed by atoms with E-state index in [9.17, 15) is 8.42 Å². The SMILES string of the molecule is CCNCc1ccc(CS(=O)(=O)NC2CCCC2C)cc1. The normalized spacial score (nSPS) is 22.6. The van der Waals surface area contributed by atoms with E-state index in [-0.39, 0.29) is 11.8 Å². The van der Waals surface area contributed by atoms with Crippen LogP contribution >= 0.6 is 0 Å². The molecule has 1 aromatic rings. The minimum atomic E-state index is -3.25. The predicted octanol–water partition coefficient (Wildman–Crippen LogP) is 2.40. The summed E-state index contributed by atoms with van der Waals surface area (Å²) in [4.78, 5) is 0. The Kier molecular flexibility index (Phi) is 5.79. The van der Waals surface area contributed by atoms with E-state index < -0.39 is 10.0 Å². The number of hydrogen-bond acceptors (Lipinski definition) is 3. The summed E-state index contributed by atoms with van der Waals surface area (Å²) in [5.74, 6) is 0.514. The summed E-state index contributed by atoms with van der Waals surface area (Å²) < 4.78 is 27.3. The Morgan fingerprint density at radius 3 is 2.38 bits per heavy atom. The molecular weight excluding hydrogens is 284 g/mol. The van der Waals surface area contributed by atoms with Gasteiger partial charge in [-0.05, 0) is 36.4 Å². The predicted molar refractivity (Wildman–Crippen MR) is 86.4 cm³/mol. The Bertz CT molecular complexity index is 540. The quantitative estimate of drug-likeness (QED) is 0.813. The molecule has 1 aliphatic rings. The highest BCUT2D eigenvalue weighted by molar-refractivity contribution is 7.88. The lowest BCUT2D eigenvalue weighted by molar-refractivity contribution is 0.476. The molecular formula is C16H26N2O2S. The molecule has 0 bridgehead atoms. The van der Waals surface area contributed by atoms with Crippen molar-refractivity contribution in [3.05, 3.63) is 35.4 Å². The molecule has 2 rings (SSSR count). The molecule has 0 aliphatic heterocycles. The van der Waals surface area contributed by atoms with Gasteiger partial charge in [-0.15, -0.1) is 0 Å². The summed E-state index contributed by atoms with van der Waals surface area (Å²) in [6.07, 6.45) is 3.20. The molecule has 0 radical (unpaired) electrons. The van der Waals surface area contributed by atoms with Crippen molar-refractivity contribution < 1.29 is 8.42 Å². The maximum atomic E-state index is 12.2. The molecule has 1 saturated carbocycles. The second-order valence-corrected chi connectivity index (χ2v) is 7.74. The van der Waals surface area contributed by atoms with Crippen LogP contribution in [-0.4, -0.2) is 21.0 Å². The van der Waals surface area contributed by atoms with Gasteiger partial charge in [-0.1, -0.05) is 44.5 Å². The third kappa shape index (κ3) is 5.09. The van der Waals surface area contributed by atoms with Crippen molar-refractivity contribution in [3.8, 4) is 0 Å². The van der Waals surface area contributed by atoms with Gasteiger partial charge in [0.05, 0.1) is 5.75 Å². The average molecular weight is 310 g/mol. The van der Waals surface area contributed by atoms with Crippen LogP contribution in [0.2, 0.25) is 0 Å². The zero-order chi connectivity index (χ0) is 15.3. The van der Waals surface area contributed by atoms with Crippen molar-refractivity contribution >= 4 is 10.0 Å². The zero-order valence-electron chi connectivity index (χ0n) is 12.9. The van der Waals surface area contributed by atoms with Gasteiger partial charge in [0.2, 0.25) is 10.0 Å². The van der Waals surface area contributed by atoms with Gasteiger partial charge in [-0.2, -0.15) is 0 Å². The van der Waals surface area contributed by atoms with Crippen molar-refractivity contribution in [3.63, 3.8) is 0 Å². The summed E-state index contributed by atoms with van der Waals surface area (Å²) in [7, 11) is -3.25. The topological polar surface area (TPSA) is 58.2 Å². The average Bonchev–Trinajstić information content (AvgIpc) is 2.82. The third-order valence-electron chi connectivity index (χ3n) is 4.15. The summed E-state index contributed by atoms with van der Waals surface area (Å²) in [6, 6.07) is 7.91. The Hall–Kier alpha value is -0.910. The van der Waals surface area contributed by atoms with Crippen molar-refractivity contribution in [2.75, 3.05) is 6.54 Å². The molecule has 21 heavy (non-hydrogen) atoms. The van der Waals surface area contributed by atoms with Gasteiger partial charge < -0.3 is 5.32 Å². The second kappa shape index (κ2) is 7.38. The van der Waals surface area contributed by atoms with Gasteiger partial charge in [0.15, 0.2) is 0 Å². The first-order valence-corrected chi connectivity index (χ1v) is 9.44. The smallest absolute Gasteiger partial charge is 0.216 e. The Balaban J connectivity index is 1.93. The fourth-order valence-electron chi connectivity index (χ4n) is 2.83. The number of benzene rings is 1. The number of rotatable bonds is 7. The van der Waals surface area contributed by atoms with Crippen LogP contribution in [0.25, 0.3) is 0 Å². The molecule has 2 N–H and O–H groups in total. The van der Waals surface area contributed by atoms with E-state index in [0.717, 1.165) is 37.9 Å². The third-order valence-corrected chi connectivity index (χ3v) is 5.53. The summed E-state index contributed by atoms with van der Waals surface area (Å²) in [5.41, 5.74) is 2.02. The summed E-state index contributed by atoms with van der Waals surface area (Å²) in [5, 5.41) is 3.25. The lowest BCUT2D eigenvalue weighted by atomic mass is 10.1. The van der Waals surface area contributed by atoms with Crippen LogP contribution in [0.3, 0.4) is 0 Å². The van der Waals surface area contributed by atoms with Gasteiger partial charge in [-0.3, -0.25) is 0 Å². The van der Waals surface area contributed by atoms with Crippen molar-refractivity contribution in [1.29, 1.82) is 0 Å². The maximum Gasteiger partial charge on any atom is 0.216 e. The summed E-state index contributed by atoms with van der Waals surface area (Å²) >= 11 is 0. The Morgan fingerprint density at radius 1 is 1.14 bits per heavy atom. The minimum absolute atomic E-state index is 0.0672. The lowest BCUT2D eigenvalue weighted by Gasteiger charge is -2.17. The standard InChI is InChI=1S/C16H26N2O2S/c1-3-17-11-14-7-9-15(10-8-14)12-21(19,20)18-16-6-4-5-13(16)2/h7-10,13,16-18H,3-6,11-12H2,1-2H3. The van der Waals surface area contributed by atoms with Crippen LogP contribution in [-0.2, 0) is 22.3 Å². The highest BCUT2D eigenvalue weighted by Crippen LogP contribution is 2.25. The molecule has 0 saturated heterocycles. The maximum absolute atomic E-state index is 12.2. The van der Waals surface area contributed by atoms with E-state index in [0.29, 0.717) is 5.92 Å². The van der Waals surface area contributed by atoms with Crippen LogP contribution in [0, 0.1) is 5.92 Å². The zero-order valence-corrected chi connectivity index (χ0v) is 13.7. The monoisotopic (exact) mass is 310 g/mol. The van der Waals surface area contributed by atoms with Crippen LogP contribution in [0.5, 0.6) is 0 Å². The van der Waals surface area contributed by atoms with E-state index in [1.54, 1.807) is 0 Å². The van der Waals surface area contributed by atoms with E-state index in [1.165, 1.54) is 5.56 Å². The highest BCUT2D eigenvalue weighted by Gasteiger charge is 2.27. The highest BCUT2D eigenvalue weighted by atomic mass is 32.2. The van der Waals surface area contributed by atoms with Crippen LogP contribution in [0.1, 0.15) is 44.2 Å². The lowest BCUT2D eigenvalue weighted by Crippen LogP contribution is -2.37. The van der Waals surface area contributed by atoms with E-state index in [2.05, 4.69) is 23.9 Å². The molecule has 0 heterocycles. The molecule has 2 unspecified atom stereocenters. The van der Waals surface area contributed by atoms with E-state index in [1.807, 2.05) is 24.3 Å². The van der Waals surface area contributed by atoms with Gasteiger partial charge in [0.1, 0.15) is 0 Å². The number of hydrogen-bond donors (Lipinski definition) is 2. The Morgan fingerprint density at radius 2 is 1.81 bits per heavy atom. The van der Waals surface area contributed by atoms with E-state index in [4.69, 9.17) is 0 Å².